The molecule has 0 saturated carbocycles. The normalized spacial score (nSPS) is 15.0. The van der Waals surface area contributed by atoms with Crippen molar-refractivity contribution in [2.75, 3.05) is 7.11 Å². The lowest BCUT2D eigenvalue weighted by Crippen LogP contribution is -2.24. The fraction of sp³-hybridized carbons (Fsp3) is 0.364. The summed E-state index contributed by atoms with van der Waals surface area (Å²) < 4.78 is 5.11. The molecule has 86 valence electrons. The fourth-order valence-electron chi connectivity index (χ4n) is 1.52. The van der Waals surface area contributed by atoms with Gasteiger partial charge >= 0.3 is 0 Å². The second-order valence-corrected chi connectivity index (χ2v) is 3.77. The van der Waals surface area contributed by atoms with E-state index in [1.807, 2.05) is 18.2 Å². The lowest BCUT2D eigenvalue weighted by Gasteiger charge is -2.10. The molecule has 5 heteroatoms. The van der Waals surface area contributed by atoms with Crippen LogP contribution < -0.4 is 10.5 Å². The van der Waals surface area contributed by atoms with Gasteiger partial charge in [-0.1, -0.05) is 0 Å². The van der Waals surface area contributed by atoms with Crippen molar-refractivity contribution in [3.8, 4) is 5.75 Å². The number of aliphatic hydroxyl groups excluding tert-OH is 1. The van der Waals surface area contributed by atoms with Crippen LogP contribution in [-0.4, -0.2) is 28.3 Å². The summed E-state index contributed by atoms with van der Waals surface area (Å²) >= 11 is 0. The van der Waals surface area contributed by atoms with Gasteiger partial charge in [0.2, 0.25) is 0 Å². The van der Waals surface area contributed by atoms with Crippen molar-refractivity contribution < 1.29 is 9.84 Å². The third kappa shape index (κ3) is 1.87. The molecule has 2 unspecified atom stereocenters. The van der Waals surface area contributed by atoms with E-state index in [1.165, 1.54) is 0 Å². The zero-order valence-electron chi connectivity index (χ0n) is 9.27. The molecule has 2 aromatic rings. The Bertz CT molecular complexity index is 493. The molecule has 0 fully saturated rings. The Kier molecular flexibility index (Phi) is 2.80. The average molecular weight is 221 g/mol. The van der Waals surface area contributed by atoms with Gasteiger partial charge in [-0.2, -0.15) is 0 Å². The van der Waals surface area contributed by atoms with Gasteiger partial charge in [0.1, 0.15) is 11.6 Å². The van der Waals surface area contributed by atoms with Gasteiger partial charge in [-0.3, -0.25) is 0 Å². The molecule has 0 aliphatic rings. The highest BCUT2D eigenvalue weighted by molar-refractivity contribution is 5.76. The van der Waals surface area contributed by atoms with Gasteiger partial charge in [0.15, 0.2) is 0 Å². The Labute approximate surface area is 93.2 Å². The number of imidazole rings is 1. The number of H-pyrrole nitrogens is 1. The third-order valence-electron chi connectivity index (χ3n) is 2.54. The summed E-state index contributed by atoms with van der Waals surface area (Å²) in [5.74, 6) is 1.34. The Morgan fingerprint density at radius 3 is 2.88 bits per heavy atom. The number of nitrogens with one attached hydrogen (secondary N) is 1. The van der Waals surface area contributed by atoms with Crippen LogP contribution in [0, 0.1) is 0 Å². The van der Waals surface area contributed by atoms with Crippen LogP contribution in [0.15, 0.2) is 18.2 Å². The Hall–Kier alpha value is -1.59. The lowest BCUT2D eigenvalue weighted by molar-refractivity contribution is 0.161. The van der Waals surface area contributed by atoms with Crippen molar-refractivity contribution in [3.63, 3.8) is 0 Å². The second-order valence-electron chi connectivity index (χ2n) is 3.77. The summed E-state index contributed by atoms with van der Waals surface area (Å²) in [7, 11) is 1.61. The van der Waals surface area contributed by atoms with E-state index in [9.17, 15) is 5.11 Å². The van der Waals surface area contributed by atoms with Crippen molar-refractivity contribution >= 4 is 11.0 Å². The van der Waals surface area contributed by atoms with Gasteiger partial charge in [-0.15, -0.1) is 0 Å². The number of nitrogens with two attached hydrogens (primary N) is 1. The van der Waals surface area contributed by atoms with Crippen molar-refractivity contribution in [1.82, 2.24) is 9.97 Å². The molecule has 4 N–H and O–H groups in total. The number of hydrogen-bond acceptors (Lipinski definition) is 4. The zero-order valence-corrected chi connectivity index (χ0v) is 9.27. The molecule has 1 aromatic carbocycles. The third-order valence-corrected chi connectivity index (χ3v) is 2.54. The Balaban J connectivity index is 2.43. The summed E-state index contributed by atoms with van der Waals surface area (Å²) in [5, 5.41) is 9.39. The van der Waals surface area contributed by atoms with Gasteiger partial charge in [0.25, 0.3) is 0 Å². The quantitative estimate of drug-likeness (QED) is 0.720. The van der Waals surface area contributed by atoms with Crippen LogP contribution >= 0.6 is 0 Å². The van der Waals surface area contributed by atoms with Crippen molar-refractivity contribution in [1.29, 1.82) is 0 Å². The number of hydrogen-bond donors (Lipinski definition) is 3. The Morgan fingerprint density at radius 1 is 1.50 bits per heavy atom. The van der Waals surface area contributed by atoms with Crippen LogP contribution in [0.25, 0.3) is 11.0 Å². The van der Waals surface area contributed by atoms with E-state index < -0.39 is 12.1 Å². The zero-order chi connectivity index (χ0) is 11.7. The number of benzene rings is 1. The monoisotopic (exact) mass is 221 g/mol. The summed E-state index contributed by atoms with van der Waals surface area (Å²) in [6, 6.07) is 5.03. The Morgan fingerprint density at radius 2 is 2.25 bits per heavy atom. The largest absolute Gasteiger partial charge is 0.497 e. The number of aromatic amines is 1. The van der Waals surface area contributed by atoms with Crippen molar-refractivity contribution in [2.45, 2.75) is 19.1 Å². The number of methoxy groups -OCH3 is 1. The highest BCUT2D eigenvalue weighted by Crippen LogP contribution is 2.21. The van der Waals surface area contributed by atoms with E-state index in [0.717, 1.165) is 16.8 Å². The minimum Gasteiger partial charge on any atom is -0.497 e. The van der Waals surface area contributed by atoms with Crippen LogP contribution in [0.4, 0.5) is 0 Å². The molecule has 0 saturated heterocycles. The molecule has 0 aliphatic heterocycles. The summed E-state index contributed by atoms with van der Waals surface area (Å²) in [6.45, 7) is 1.64. The van der Waals surface area contributed by atoms with E-state index in [-0.39, 0.29) is 0 Å². The fourth-order valence-corrected chi connectivity index (χ4v) is 1.52. The molecular weight excluding hydrogens is 206 g/mol. The standard InChI is InChI=1S/C11H15N3O2/c1-6(15)10(12)11-13-8-4-3-7(16-2)5-9(8)14-11/h3-6,10,15H,12H2,1-2H3,(H,13,14). The summed E-state index contributed by atoms with van der Waals surface area (Å²) in [5.41, 5.74) is 7.46. The number of aliphatic hydroxyl groups is 1. The highest BCUT2D eigenvalue weighted by atomic mass is 16.5. The van der Waals surface area contributed by atoms with Crippen LogP contribution in [0.3, 0.4) is 0 Å². The van der Waals surface area contributed by atoms with Crippen LogP contribution in [0.1, 0.15) is 18.8 Å². The first kappa shape index (κ1) is 10.9. The summed E-state index contributed by atoms with van der Waals surface area (Å²) in [4.78, 5) is 7.39. The number of aromatic nitrogens is 2. The molecule has 2 rings (SSSR count). The maximum atomic E-state index is 9.39. The maximum Gasteiger partial charge on any atom is 0.126 e. The number of ether oxygens (including phenoxy) is 1. The predicted octanol–water partition coefficient (Wildman–Crippen LogP) is 0.952. The van der Waals surface area contributed by atoms with Crippen LogP contribution in [0.5, 0.6) is 5.75 Å². The van der Waals surface area contributed by atoms with Crippen molar-refractivity contribution in [2.24, 2.45) is 5.73 Å². The molecule has 5 nitrogen and oxygen atoms in total. The van der Waals surface area contributed by atoms with Gasteiger partial charge in [0, 0.05) is 6.07 Å². The minimum absolute atomic E-state index is 0.501. The number of fused-ring (bicyclic) bond motifs is 1. The van der Waals surface area contributed by atoms with Crippen LogP contribution in [0.2, 0.25) is 0 Å². The molecule has 16 heavy (non-hydrogen) atoms. The second kappa shape index (κ2) is 4.11. The molecule has 2 atom stereocenters. The first-order valence-corrected chi connectivity index (χ1v) is 5.09. The smallest absolute Gasteiger partial charge is 0.126 e. The number of nitrogens with zero attached hydrogens (tertiary/aromatic N) is 1. The van der Waals surface area contributed by atoms with Crippen LogP contribution in [-0.2, 0) is 0 Å². The summed E-state index contributed by atoms with van der Waals surface area (Å²) in [6.07, 6.45) is -0.637. The molecule has 0 aliphatic carbocycles. The first-order valence-electron chi connectivity index (χ1n) is 5.09. The van der Waals surface area contributed by atoms with E-state index in [0.29, 0.717) is 5.82 Å². The lowest BCUT2D eigenvalue weighted by atomic mass is 10.2. The molecular formula is C11H15N3O2. The van der Waals surface area contributed by atoms with Crippen molar-refractivity contribution in [3.05, 3.63) is 24.0 Å². The molecule has 0 bridgehead atoms. The van der Waals surface area contributed by atoms with Gasteiger partial charge in [-0.05, 0) is 19.1 Å². The predicted molar refractivity (Wildman–Crippen MR) is 61.3 cm³/mol. The minimum atomic E-state index is -0.637. The van der Waals surface area contributed by atoms with E-state index in [2.05, 4.69) is 9.97 Å². The number of rotatable bonds is 3. The molecule has 0 spiro atoms. The van der Waals surface area contributed by atoms with E-state index in [4.69, 9.17) is 10.5 Å². The van der Waals surface area contributed by atoms with Gasteiger partial charge in [-0.25, -0.2) is 4.98 Å². The highest BCUT2D eigenvalue weighted by Gasteiger charge is 2.16. The average Bonchev–Trinajstić information content (AvgIpc) is 2.69. The maximum absolute atomic E-state index is 9.39. The van der Waals surface area contributed by atoms with E-state index >= 15 is 0 Å². The van der Waals surface area contributed by atoms with E-state index in [1.54, 1.807) is 14.0 Å². The molecule has 1 heterocycles. The van der Waals surface area contributed by atoms with Gasteiger partial charge in [0.05, 0.1) is 30.3 Å². The molecule has 1 aromatic heterocycles. The topological polar surface area (TPSA) is 84.2 Å². The van der Waals surface area contributed by atoms with Gasteiger partial charge < -0.3 is 20.6 Å². The first-order chi connectivity index (χ1) is 7.61. The molecule has 0 radical (unpaired) electrons. The molecule has 0 amide bonds. The SMILES string of the molecule is COc1ccc2nc(C(N)C(C)O)[nH]c2c1.